The summed E-state index contributed by atoms with van der Waals surface area (Å²) in [6.07, 6.45) is 0.790. The fourth-order valence-corrected chi connectivity index (χ4v) is 5.78. The van der Waals surface area contributed by atoms with Crippen molar-refractivity contribution in [1.29, 1.82) is 0 Å². The number of fused-ring (bicyclic) bond motifs is 3. The van der Waals surface area contributed by atoms with Crippen molar-refractivity contribution in [3.05, 3.63) is 33.2 Å². The van der Waals surface area contributed by atoms with Gasteiger partial charge in [0, 0.05) is 23.6 Å². The van der Waals surface area contributed by atoms with Gasteiger partial charge in [0.05, 0.1) is 11.6 Å². The van der Waals surface area contributed by atoms with E-state index in [0.717, 1.165) is 6.42 Å². The number of aliphatic hydroxyl groups excluding tert-OH is 2. The summed E-state index contributed by atoms with van der Waals surface area (Å²) in [4.78, 5) is 44.4. The second-order valence-corrected chi connectivity index (χ2v) is 9.70. The van der Waals surface area contributed by atoms with Crippen molar-refractivity contribution in [2.75, 3.05) is 26.0 Å². The van der Waals surface area contributed by atoms with Crippen LogP contribution in [0.25, 0.3) is 5.76 Å². The van der Waals surface area contributed by atoms with Crippen LogP contribution in [0, 0.1) is 11.8 Å². The molecule has 4 atom stereocenters. The molecule has 1 fully saturated rings. The Bertz CT molecular complexity index is 1230. The Morgan fingerprint density at radius 1 is 1.24 bits per heavy atom. The normalized spacial score (nSPS) is 26.6. The highest BCUT2D eigenvalue weighted by Crippen LogP contribution is 2.53. The van der Waals surface area contributed by atoms with Crippen molar-refractivity contribution in [3.63, 3.8) is 0 Å². The number of halogens is 3. The zero-order valence-corrected chi connectivity index (χ0v) is 22.6. The lowest BCUT2D eigenvalue weighted by Gasteiger charge is -2.50. The third-order valence-electron chi connectivity index (χ3n) is 7.08. The maximum atomic E-state index is 13.8. The predicted octanol–water partition coefficient (Wildman–Crippen LogP) is 1.68. The van der Waals surface area contributed by atoms with Gasteiger partial charge in [-0.3, -0.25) is 19.3 Å². The summed E-state index contributed by atoms with van der Waals surface area (Å²) in [5.74, 6) is -7.14. The van der Waals surface area contributed by atoms with Crippen LogP contribution in [0.15, 0.2) is 16.9 Å². The first-order valence-corrected chi connectivity index (χ1v) is 11.6. The molecule has 0 radical (unpaired) electrons. The summed E-state index contributed by atoms with van der Waals surface area (Å²) < 4.78 is 0. The number of amides is 1. The summed E-state index contributed by atoms with van der Waals surface area (Å²) in [5.41, 5.74) is 1.76. The number of carbonyl (C=O) groups excluding carboxylic acids is 3. The van der Waals surface area contributed by atoms with E-state index in [1.54, 1.807) is 0 Å². The molecular formula is C23H29Cl3N4O7. The Morgan fingerprint density at radius 3 is 2.41 bits per heavy atom. The van der Waals surface area contributed by atoms with Crippen LogP contribution in [0.3, 0.4) is 0 Å². The molecule has 14 heteroatoms. The van der Waals surface area contributed by atoms with Crippen molar-refractivity contribution in [2.45, 2.75) is 37.8 Å². The molecule has 37 heavy (non-hydrogen) atoms. The van der Waals surface area contributed by atoms with Gasteiger partial charge in [0.25, 0.3) is 5.91 Å². The number of ketones is 2. The van der Waals surface area contributed by atoms with E-state index in [1.165, 1.54) is 19.0 Å². The number of hydrogen-bond acceptors (Lipinski definition) is 10. The maximum Gasteiger partial charge on any atom is 0.255 e. The smallest absolute Gasteiger partial charge is 0.255 e. The number of aromatic hydroxyl groups is 1. The molecule has 0 saturated heterocycles. The molecule has 204 valence electrons. The van der Waals surface area contributed by atoms with Crippen molar-refractivity contribution in [1.82, 2.24) is 9.88 Å². The van der Waals surface area contributed by atoms with Gasteiger partial charge in [-0.25, -0.2) is 4.98 Å². The molecule has 0 aromatic carbocycles. The molecule has 0 spiro atoms. The molecule has 1 aromatic rings. The van der Waals surface area contributed by atoms with E-state index in [0.29, 0.717) is 12.1 Å². The number of hydrogen-bond donors (Lipinski definition) is 6. The monoisotopic (exact) mass is 578 g/mol. The molecule has 1 aromatic heterocycles. The minimum Gasteiger partial charge on any atom is -0.508 e. The highest BCUT2D eigenvalue weighted by Gasteiger charge is 2.64. The lowest BCUT2D eigenvalue weighted by Crippen LogP contribution is -2.65. The van der Waals surface area contributed by atoms with Crippen molar-refractivity contribution >= 4 is 65.5 Å². The first-order chi connectivity index (χ1) is 16.4. The van der Waals surface area contributed by atoms with E-state index >= 15 is 0 Å². The van der Waals surface area contributed by atoms with E-state index in [2.05, 4.69) is 10.3 Å². The molecule has 1 heterocycles. The number of nitrogens with two attached hydrogens (primary N) is 1. The van der Waals surface area contributed by atoms with Crippen molar-refractivity contribution in [3.8, 4) is 5.75 Å². The number of nitrogens with zero attached hydrogens (tertiary/aromatic N) is 2. The van der Waals surface area contributed by atoms with Crippen LogP contribution in [-0.4, -0.2) is 80.1 Å². The molecule has 7 N–H and O–H groups in total. The Labute approximate surface area is 230 Å². The third-order valence-corrected chi connectivity index (χ3v) is 7.39. The minimum atomic E-state index is -2.68. The maximum absolute atomic E-state index is 13.8. The second-order valence-electron chi connectivity index (χ2n) is 9.34. The zero-order chi connectivity index (χ0) is 26.0. The summed E-state index contributed by atoms with van der Waals surface area (Å²) in [6.45, 7) is 2.37. The van der Waals surface area contributed by atoms with Crippen LogP contribution in [0.4, 0.5) is 5.82 Å². The standard InChI is InChI=1S/C23H27ClN4O7.2ClH/c1-4-5-26-22-17(31)12-9(20(24)27-22)6-8-7-10-14(28(2)3)16(30)13(21(25)34)19(33)23(10,35)18(32)11(8)15(12)29;;/h8,10,14,29,31,33,35H,4-7H2,1-3H3,(H2,25,34)(H,26,27);2*1H/t8-,10-,14-,23-;;/m0../s1. The number of nitrogens with one attached hydrogen (secondary N) is 1. The summed E-state index contributed by atoms with van der Waals surface area (Å²) in [6, 6.07) is -1.14. The molecule has 11 nitrogen and oxygen atoms in total. The van der Waals surface area contributed by atoms with Gasteiger partial charge in [-0.05, 0) is 39.3 Å². The Balaban J connectivity index is 0.00000241. The first kappa shape index (κ1) is 30.7. The van der Waals surface area contributed by atoms with Crippen LogP contribution in [-0.2, 0) is 20.8 Å². The SMILES string of the molecule is CCCNc1nc(Cl)c2c(c1O)C(O)=C1C(=O)[C@]3(O)C(O)=C(C(N)=O)C(=O)[C@@H](N(C)C)[C@@H]3C[C@@H]1C2.Cl.Cl. The van der Waals surface area contributed by atoms with E-state index in [-0.39, 0.29) is 59.8 Å². The molecule has 4 rings (SSSR count). The molecule has 0 aliphatic heterocycles. The number of aromatic nitrogens is 1. The van der Waals surface area contributed by atoms with E-state index in [9.17, 15) is 34.8 Å². The van der Waals surface area contributed by atoms with Gasteiger partial charge in [0.2, 0.25) is 5.78 Å². The van der Waals surface area contributed by atoms with Crippen LogP contribution in [0.5, 0.6) is 5.75 Å². The molecule has 3 aliphatic carbocycles. The number of Topliss-reactive ketones (excluding diaryl/α,β-unsaturated/α-hetero) is 2. The second kappa shape index (κ2) is 10.7. The van der Waals surface area contributed by atoms with Gasteiger partial charge in [0.15, 0.2) is 23.0 Å². The fourth-order valence-electron chi connectivity index (χ4n) is 5.52. The summed E-state index contributed by atoms with van der Waals surface area (Å²) in [7, 11) is 3.08. The largest absolute Gasteiger partial charge is 0.508 e. The van der Waals surface area contributed by atoms with Gasteiger partial charge in [0.1, 0.15) is 22.2 Å². The molecule has 0 bridgehead atoms. The van der Waals surface area contributed by atoms with Crippen LogP contribution in [0.2, 0.25) is 5.15 Å². The number of likely N-dealkylation sites (N-methyl/N-ethyl adjacent to an activating group) is 1. The quantitative estimate of drug-likeness (QED) is 0.221. The average molecular weight is 580 g/mol. The summed E-state index contributed by atoms with van der Waals surface area (Å²) >= 11 is 6.38. The van der Waals surface area contributed by atoms with Gasteiger partial charge in [-0.1, -0.05) is 18.5 Å². The zero-order valence-electron chi connectivity index (χ0n) is 20.2. The highest BCUT2D eigenvalue weighted by atomic mass is 35.5. The van der Waals surface area contributed by atoms with Gasteiger partial charge in [-0.2, -0.15) is 0 Å². The van der Waals surface area contributed by atoms with E-state index in [4.69, 9.17) is 17.3 Å². The Kier molecular flexibility index (Phi) is 8.83. The minimum absolute atomic E-state index is 0. The molecule has 3 aliphatic rings. The first-order valence-electron chi connectivity index (χ1n) is 11.2. The summed E-state index contributed by atoms with van der Waals surface area (Å²) in [5, 5.41) is 47.3. The van der Waals surface area contributed by atoms with Crippen molar-refractivity contribution < 1.29 is 34.8 Å². The van der Waals surface area contributed by atoms with Gasteiger partial charge in [-0.15, -0.1) is 24.8 Å². The third kappa shape index (κ3) is 4.32. The Hall–Kier alpha value is -2.57. The highest BCUT2D eigenvalue weighted by molar-refractivity contribution is 6.31. The van der Waals surface area contributed by atoms with Gasteiger partial charge < -0.3 is 31.5 Å². The number of primary amides is 1. The molecule has 1 saturated carbocycles. The topological polar surface area (TPSA) is 186 Å². The molecular weight excluding hydrogens is 551 g/mol. The Morgan fingerprint density at radius 2 is 1.86 bits per heavy atom. The lowest BCUT2D eigenvalue weighted by atomic mass is 9.57. The average Bonchev–Trinajstić information content (AvgIpc) is 2.77. The fraction of sp³-hybridized carbons (Fsp3) is 0.478. The molecule has 1 amide bonds. The van der Waals surface area contributed by atoms with Crippen LogP contribution < -0.4 is 11.1 Å². The van der Waals surface area contributed by atoms with Crippen molar-refractivity contribution in [2.24, 2.45) is 17.6 Å². The van der Waals surface area contributed by atoms with Crippen LogP contribution >= 0.6 is 36.4 Å². The molecule has 0 unspecified atom stereocenters. The number of aliphatic hydroxyl groups is 3. The number of pyridine rings is 1. The lowest BCUT2D eigenvalue weighted by molar-refractivity contribution is -0.153. The van der Waals surface area contributed by atoms with Gasteiger partial charge >= 0.3 is 0 Å². The number of anilines is 1. The number of carbonyl (C=O) groups is 3. The van der Waals surface area contributed by atoms with E-state index in [1.807, 2.05) is 6.92 Å². The van der Waals surface area contributed by atoms with Crippen LogP contribution in [0.1, 0.15) is 30.9 Å². The number of rotatable bonds is 5. The van der Waals surface area contributed by atoms with E-state index < -0.39 is 63.8 Å². The predicted molar refractivity (Wildman–Crippen MR) is 140 cm³/mol.